The number of ether oxygens (including phenoxy) is 6. The van der Waals surface area contributed by atoms with Gasteiger partial charge in [-0.1, -0.05) is 6.92 Å². The third-order valence-electron chi connectivity index (χ3n) is 3.98. The average molecular weight is 410 g/mol. The lowest BCUT2D eigenvalue weighted by Gasteiger charge is -2.29. The molecule has 0 spiro atoms. The summed E-state index contributed by atoms with van der Waals surface area (Å²) < 4.78 is 33.2. The van der Waals surface area contributed by atoms with Crippen LogP contribution in [0.25, 0.3) is 0 Å². The van der Waals surface area contributed by atoms with E-state index in [4.69, 9.17) is 43.7 Å². The normalized spacial score (nSPS) is 23.1. The molecule has 1 aliphatic rings. The van der Waals surface area contributed by atoms with Crippen molar-refractivity contribution in [1.29, 1.82) is 0 Å². The summed E-state index contributed by atoms with van der Waals surface area (Å²) >= 11 is 0. The molecule has 10 heteroatoms. The van der Waals surface area contributed by atoms with Crippen molar-refractivity contribution < 1.29 is 48.5 Å². The predicted octanol–water partition coefficient (Wildman–Crippen LogP) is -1.12. The maximum absolute atomic E-state index is 11.3. The third-order valence-corrected chi connectivity index (χ3v) is 3.98. The van der Waals surface area contributed by atoms with E-state index in [9.17, 15) is 4.79 Å². The molecule has 4 unspecified atom stereocenters. The Morgan fingerprint density at radius 1 is 1.04 bits per heavy atom. The van der Waals surface area contributed by atoms with Crippen molar-refractivity contribution in [3.8, 4) is 0 Å². The fourth-order valence-corrected chi connectivity index (χ4v) is 2.80. The van der Waals surface area contributed by atoms with Gasteiger partial charge in [0.05, 0.1) is 59.5 Å². The topological polar surface area (TPSA) is 133 Å². The zero-order chi connectivity index (χ0) is 20.6. The molecule has 1 rings (SSSR count). The highest BCUT2D eigenvalue weighted by Crippen LogP contribution is 2.25. The van der Waals surface area contributed by atoms with E-state index >= 15 is 0 Å². The Hall–Kier alpha value is -0.850. The van der Waals surface area contributed by atoms with Gasteiger partial charge in [-0.15, -0.1) is 0 Å². The van der Waals surface area contributed by atoms with Crippen LogP contribution in [-0.4, -0.2) is 112 Å². The van der Waals surface area contributed by atoms with Gasteiger partial charge in [-0.25, -0.2) is 0 Å². The van der Waals surface area contributed by atoms with Crippen LogP contribution in [0.1, 0.15) is 19.8 Å². The number of rotatable bonds is 17. The van der Waals surface area contributed by atoms with Crippen LogP contribution in [-0.2, 0) is 33.2 Å². The number of carbonyl (C=O) groups is 1. The maximum atomic E-state index is 11.3. The van der Waals surface area contributed by atoms with Crippen molar-refractivity contribution in [3.63, 3.8) is 0 Å². The van der Waals surface area contributed by atoms with Crippen LogP contribution in [0.15, 0.2) is 0 Å². The second-order valence-electron chi connectivity index (χ2n) is 6.17. The molecule has 0 aromatic heterocycles. The van der Waals surface area contributed by atoms with Crippen molar-refractivity contribution in [2.45, 2.75) is 44.2 Å². The molecule has 1 heterocycles. The van der Waals surface area contributed by atoms with E-state index < -0.39 is 24.4 Å². The van der Waals surface area contributed by atoms with E-state index in [2.05, 4.69) is 0 Å². The lowest BCUT2D eigenvalue weighted by Crippen LogP contribution is -2.45. The molecule has 28 heavy (non-hydrogen) atoms. The first-order chi connectivity index (χ1) is 13.7. The molecule has 10 nitrogen and oxygen atoms in total. The van der Waals surface area contributed by atoms with Gasteiger partial charge in [0, 0.05) is 6.42 Å². The average Bonchev–Trinajstić information content (AvgIpc) is 3.09. The number of hydrogen-bond donors (Lipinski definition) is 3. The number of hydrogen-bond acceptors (Lipinski definition) is 10. The van der Waals surface area contributed by atoms with Gasteiger partial charge in [-0.3, -0.25) is 4.79 Å². The highest BCUT2D eigenvalue weighted by molar-refractivity contribution is 5.69. The van der Waals surface area contributed by atoms with Gasteiger partial charge in [-0.2, -0.15) is 0 Å². The fourth-order valence-electron chi connectivity index (χ4n) is 2.80. The van der Waals surface area contributed by atoms with Crippen LogP contribution in [0.4, 0.5) is 0 Å². The molecule has 1 fully saturated rings. The number of carbonyl (C=O) groups excluding carboxylic acids is 1. The molecule has 0 radical (unpaired) electrons. The van der Waals surface area contributed by atoms with Gasteiger partial charge in [0.2, 0.25) is 0 Å². The van der Waals surface area contributed by atoms with E-state index in [-0.39, 0.29) is 72.0 Å². The van der Waals surface area contributed by atoms with Crippen LogP contribution in [0.5, 0.6) is 0 Å². The van der Waals surface area contributed by atoms with E-state index in [1.807, 2.05) is 6.92 Å². The molecule has 0 aromatic carbocycles. The molecule has 1 aliphatic heterocycles. The molecular formula is C18H34O10. The molecular weight excluding hydrogens is 376 g/mol. The largest absolute Gasteiger partial charge is 0.463 e. The quantitative estimate of drug-likeness (QED) is 0.200. The van der Waals surface area contributed by atoms with Crippen LogP contribution in [0.3, 0.4) is 0 Å². The smallest absolute Gasteiger partial charge is 0.305 e. The highest BCUT2D eigenvalue weighted by Gasteiger charge is 2.44. The summed E-state index contributed by atoms with van der Waals surface area (Å²) in [6.45, 7) is 2.52. The minimum atomic E-state index is -0.551. The first-order valence-electron chi connectivity index (χ1n) is 9.70. The molecule has 0 bridgehead atoms. The Labute approximate surface area is 165 Å². The molecule has 3 N–H and O–H groups in total. The standard InChI is InChI=1S/C18H34O10/c1-2-3-16(22)26-11-10-23-12-14(24-7-4-19)18-17(27-9-6-21)15(13-28-18)25-8-5-20/h14-15,17-21H,2-13H2,1H3. The van der Waals surface area contributed by atoms with Gasteiger partial charge in [0.1, 0.15) is 31.0 Å². The molecule has 0 amide bonds. The zero-order valence-corrected chi connectivity index (χ0v) is 16.5. The second kappa shape index (κ2) is 16.0. The highest BCUT2D eigenvalue weighted by atomic mass is 16.6. The second-order valence-corrected chi connectivity index (χ2v) is 6.17. The minimum Gasteiger partial charge on any atom is -0.463 e. The molecule has 0 saturated carbocycles. The Morgan fingerprint density at radius 3 is 2.43 bits per heavy atom. The lowest BCUT2D eigenvalue weighted by atomic mass is 10.1. The minimum absolute atomic E-state index is 0.0915. The van der Waals surface area contributed by atoms with Crippen molar-refractivity contribution in [1.82, 2.24) is 0 Å². The molecule has 4 atom stereocenters. The van der Waals surface area contributed by atoms with Crippen molar-refractivity contribution in [3.05, 3.63) is 0 Å². The summed E-state index contributed by atoms with van der Waals surface area (Å²) in [5.74, 6) is -0.264. The predicted molar refractivity (Wildman–Crippen MR) is 96.9 cm³/mol. The Bertz CT molecular complexity index is 395. The van der Waals surface area contributed by atoms with Gasteiger partial charge in [0.25, 0.3) is 0 Å². The van der Waals surface area contributed by atoms with Crippen molar-refractivity contribution in [2.24, 2.45) is 0 Å². The van der Waals surface area contributed by atoms with Crippen LogP contribution in [0, 0.1) is 0 Å². The van der Waals surface area contributed by atoms with E-state index in [1.165, 1.54) is 0 Å². The molecule has 0 aliphatic carbocycles. The van der Waals surface area contributed by atoms with Gasteiger partial charge >= 0.3 is 5.97 Å². The Balaban J connectivity index is 2.55. The summed E-state index contributed by atoms with van der Waals surface area (Å²) in [4.78, 5) is 11.3. The molecule has 1 saturated heterocycles. The van der Waals surface area contributed by atoms with E-state index in [0.717, 1.165) is 6.42 Å². The van der Waals surface area contributed by atoms with Crippen molar-refractivity contribution >= 4 is 5.97 Å². The SMILES string of the molecule is CCCC(=O)OCCOCC(OCCO)C1OCC(OCCO)C1OCCO. The monoisotopic (exact) mass is 410 g/mol. The van der Waals surface area contributed by atoms with Crippen molar-refractivity contribution in [2.75, 3.05) is 66.1 Å². The summed E-state index contributed by atoms with van der Waals surface area (Å²) in [6, 6.07) is 0. The summed E-state index contributed by atoms with van der Waals surface area (Å²) in [5, 5.41) is 27.1. The van der Waals surface area contributed by atoms with Gasteiger partial charge in [-0.05, 0) is 6.42 Å². The Morgan fingerprint density at radius 2 is 1.75 bits per heavy atom. The summed E-state index contributed by atoms with van der Waals surface area (Å²) in [6.07, 6.45) is -0.927. The fraction of sp³-hybridized carbons (Fsp3) is 0.944. The first kappa shape index (κ1) is 25.2. The first-order valence-corrected chi connectivity index (χ1v) is 9.70. The molecule has 166 valence electrons. The summed E-state index contributed by atoms with van der Waals surface area (Å²) in [7, 11) is 0. The number of aliphatic hydroxyl groups is 3. The maximum Gasteiger partial charge on any atom is 0.305 e. The lowest BCUT2D eigenvalue weighted by molar-refractivity contribution is -0.149. The van der Waals surface area contributed by atoms with Gasteiger partial charge < -0.3 is 43.7 Å². The van der Waals surface area contributed by atoms with Crippen LogP contribution < -0.4 is 0 Å². The third kappa shape index (κ3) is 9.57. The zero-order valence-electron chi connectivity index (χ0n) is 16.5. The number of esters is 1. The molecule has 0 aromatic rings. The van der Waals surface area contributed by atoms with E-state index in [0.29, 0.717) is 6.42 Å². The van der Waals surface area contributed by atoms with Crippen LogP contribution in [0.2, 0.25) is 0 Å². The Kier molecular flexibility index (Phi) is 14.4. The summed E-state index contributed by atoms with van der Waals surface area (Å²) in [5.41, 5.74) is 0. The van der Waals surface area contributed by atoms with Crippen LogP contribution >= 0.6 is 0 Å². The number of aliphatic hydroxyl groups excluding tert-OH is 3. The van der Waals surface area contributed by atoms with E-state index in [1.54, 1.807) is 0 Å². The van der Waals surface area contributed by atoms with Gasteiger partial charge in [0.15, 0.2) is 0 Å².